The summed E-state index contributed by atoms with van der Waals surface area (Å²) < 4.78 is 25.7. The zero-order chi connectivity index (χ0) is 22.5. The maximum Gasteiger partial charge on any atom is 0.165 e. The van der Waals surface area contributed by atoms with Crippen molar-refractivity contribution in [3.05, 3.63) is 59.4 Å². The largest absolute Gasteiger partial charge is 0.493 e. The second-order valence-corrected chi connectivity index (χ2v) is 8.43. The van der Waals surface area contributed by atoms with Crippen molar-refractivity contribution in [2.75, 3.05) is 24.8 Å². The molecule has 0 aliphatic carbocycles. The number of imidazole rings is 1. The Morgan fingerprint density at radius 3 is 2.78 bits per heavy atom. The monoisotopic (exact) mass is 473 g/mol. The Bertz CT molecular complexity index is 1240. The molecule has 2 aromatic carbocycles. The van der Waals surface area contributed by atoms with Crippen molar-refractivity contribution in [1.82, 2.24) is 19.9 Å². The first-order valence-electron chi connectivity index (χ1n) is 9.85. The molecular formula is C22H21ClFN5O2S. The number of nitrogens with zero attached hydrogens (tertiary/aromatic N) is 3. The summed E-state index contributed by atoms with van der Waals surface area (Å²) in [4.78, 5) is 16.1. The van der Waals surface area contributed by atoms with Crippen LogP contribution in [0.25, 0.3) is 10.9 Å². The summed E-state index contributed by atoms with van der Waals surface area (Å²) in [7, 11) is 1.57. The number of anilines is 2. The minimum atomic E-state index is -0.473. The van der Waals surface area contributed by atoms with Crippen LogP contribution in [0.3, 0.4) is 0 Å². The predicted octanol–water partition coefficient (Wildman–Crippen LogP) is 5.77. The van der Waals surface area contributed by atoms with E-state index in [1.807, 2.05) is 13.1 Å². The highest BCUT2D eigenvalue weighted by Gasteiger charge is 2.13. The average Bonchev–Trinajstić information content (AvgIpc) is 3.20. The van der Waals surface area contributed by atoms with E-state index in [0.717, 1.165) is 23.0 Å². The Morgan fingerprint density at radius 1 is 1.16 bits per heavy atom. The molecule has 0 unspecified atom stereocenters. The third kappa shape index (κ3) is 5.23. The second-order valence-electron chi connectivity index (χ2n) is 6.91. The number of aromatic nitrogens is 4. The molecule has 0 amide bonds. The number of H-pyrrole nitrogens is 1. The predicted molar refractivity (Wildman–Crippen MR) is 125 cm³/mol. The van der Waals surface area contributed by atoms with Gasteiger partial charge in [0.05, 0.1) is 24.9 Å². The van der Waals surface area contributed by atoms with Crippen LogP contribution >= 0.6 is 23.4 Å². The normalized spacial score (nSPS) is 11.0. The van der Waals surface area contributed by atoms with Gasteiger partial charge in [0.2, 0.25) is 0 Å². The van der Waals surface area contributed by atoms with Gasteiger partial charge in [0.25, 0.3) is 0 Å². The lowest BCUT2D eigenvalue weighted by Crippen LogP contribution is -2.02. The molecule has 10 heteroatoms. The van der Waals surface area contributed by atoms with E-state index in [1.165, 1.54) is 12.4 Å². The van der Waals surface area contributed by atoms with Gasteiger partial charge in [-0.3, -0.25) is 0 Å². The summed E-state index contributed by atoms with van der Waals surface area (Å²) in [5.41, 5.74) is 1.95. The highest BCUT2D eigenvalue weighted by atomic mass is 35.5. The summed E-state index contributed by atoms with van der Waals surface area (Å²) in [6.45, 7) is 2.49. The fourth-order valence-electron chi connectivity index (χ4n) is 3.03. The zero-order valence-electron chi connectivity index (χ0n) is 17.5. The molecule has 7 nitrogen and oxygen atoms in total. The lowest BCUT2D eigenvalue weighted by atomic mass is 10.2. The van der Waals surface area contributed by atoms with Crippen molar-refractivity contribution in [1.29, 1.82) is 0 Å². The highest BCUT2D eigenvalue weighted by Crippen LogP contribution is 2.35. The standard InChI is InChI=1S/C22H21ClFN5O2S/c1-13-11-25-22(28-13)32-7-3-6-31-20-10-18-15(9-19(20)30-2)21(27-12-26-18)29-17-5-4-14(23)8-16(17)24/h4-5,8-12H,3,6-7H2,1-2H3,(H,25,28)(H,26,27,29). The summed E-state index contributed by atoms with van der Waals surface area (Å²) in [5, 5.41) is 4.90. The minimum Gasteiger partial charge on any atom is -0.493 e. The van der Waals surface area contributed by atoms with Crippen LogP contribution in [0, 0.1) is 12.7 Å². The zero-order valence-corrected chi connectivity index (χ0v) is 19.1. The molecular weight excluding hydrogens is 453 g/mol. The number of aryl methyl sites for hydroxylation is 1. The number of benzene rings is 2. The van der Waals surface area contributed by atoms with Crippen molar-refractivity contribution in [3.63, 3.8) is 0 Å². The van der Waals surface area contributed by atoms with E-state index in [9.17, 15) is 4.39 Å². The van der Waals surface area contributed by atoms with Gasteiger partial charge in [-0.15, -0.1) is 0 Å². The lowest BCUT2D eigenvalue weighted by Gasteiger charge is -2.14. The fraction of sp³-hybridized carbons (Fsp3) is 0.227. The van der Waals surface area contributed by atoms with E-state index >= 15 is 0 Å². The first-order valence-corrected chi connectivity index (χ1v) is 11.2. The van der Waals surface area contributed by atoms with Crippen LogP contribution in [-0.4, -0.2) is 39.4 Å². The van der Waals surface area contributed by atoms with Crippen molar-refractivity contribution >= 4 is 45.8 Å². The molecule has 0 saturated heterocycles. The fourth-order valence-corrected chi connectivity index (χ4v) is 4.00. The molecule has 0 fully saturated rings. The Hall–Kier alpha value is -3.04. The number of ether oxygens (including phenoxy) is 2. The van der Waals surface area contributed by atoms with Crippen LogP contribution in [0.5, 0.6) is 11.5 Å². The van der Waals surface area contributed by atoms with Crippen LogP contribution in [-0.2, 0) is 0 Å². The van der Waals surface area contributed by atoms with Crippen LogP contribution < -0.4 is 14.8 Å². The maximum atomic E-state index is 14.2. The molecule has 0 radical (unpaired) electrons. The average molecular weight is 474 g/mol. The molecule has 2 aromatic heterocycles. The van der Waals surface area contributed by atoms with Gasteiger partial charge >= 0.3 is 0 Å². The molecule has 2 N–H and O–H groups in total. The number of hydrogen-bond donors (Lipinski definition) is 2. The van der Waals surface area contributed by atoms with E-state index in [-0.39, 0.29) is 5.69 Å². The third-order valence-corrected chi connectivity index (χ3v) is 5.78. The first-order chi connectivity index (χ1) is 15.5. The van der Waals surface area contributed by atoms with E-state index in [2.05, 4.69) is 25.3 Å². The number of aromatic amines is 1. The van der Waals surface area contributed by atoms with Gasteiger partial charge in [0.15, 0.2) is 16.7 Å². The van der Waals surface area contributed by atoms with Crippen molar-refractivity contribution in [3.8, 4) is 11.5 Å². The number of fused-ring (bicyclic) bond motifs is 1. The summed E-state index contributed by atoms with van der Waals surface area (Å²) in [6, 6.07) is 7.98. The van der Waals surface area contributed by atoms with Gasteiger partial charge in [0, 0.05) is 34.1 Å². The van der Waals surface area contributed by atoms with Gasteiger partial charge < -0.3 is 19.8 Å². The van der Waals surface area contributed by atoms with Crippen molar-refractivity contribution in [2.24, 2.45) is 0 Å². The number of rotatable bonds is 9. The van der Waals surface area contributed by atoms with Crippen LogP contribution in [0.15, 0.2) is 48.0 Å². The molecule has 0 spiro atoms. The number of hydrogen-bond acceptors (Lipinski definition) is 7. The maximum absolute atomic E-state index is 14.2. The topological polar surface area (TPSA) is 84.9 Å². The molecule has 0 bridgehead atoms. The van der Waals surface area contributed by atoms with Crippen molar-refractivity contribution < 1.29 is 13.9 Å². The molecule has 0 aliphatic heterocycles. The van der Waals surface area contributed by atoms with Crippen LogP contribution in [0.2, 0.25) is 5.02 Å². The quantitative estimate of drug-likeness (QED) is 0.236. The smallest absolute Gasteiger partial charge is 0.165 e. The molecule has 32 heavy (non-hydrogen) atoms. The molecule has 0 saturated carbocycles. The van der Waals surface area contributed by atoms with E-state index in [0.29, 0.717) is 39.8 Å². The summed E-state index contributed by atoms with van der Waals surface area (Å²) in [6.07, 6.45) is 4.06. The number of methoxy groups -OCH3 is 1. The first kappa shape index (κ1) is 22.2. The summed E-state index contributed by atoms with van der Waals surface area (Å²) in [5.74, 6) is 1.97. The molecule has 4 aromatic rings. The Kier molecular flexibility index (Phi) is 6.96. The summed E-state index contributed by atoms with van der Waals surface area (Å²) >= 11 is 7.48. The Balaban J connectivity index is 1.47. The second kappa shape index (κ2) is 10.1. The van der Waals surface area contributed by atoms with Gasteiger partial charge in [-0.2, -0.15) is 0 Å². The number of nitrogens with one attached hydrogen (secondary N) is 2. The molecule has 0 aliphatic rings. The van der Waals surface area contributed by atoms with E-state index in [1.54, 1.807) is 43.1 Å². The van der Waals surface area contributed by atoms with Gasteiger partial charge in [-0.25, -0.2) is 19.3 Å². The van der Waals surface area contributed by atoms with Crippen molar-refractivity contribution in [2.45, 2.75) is 18.5 Å². The molecule has 166 valence electrons. The molecule has 0 atom stereocenters. The van der Waals surface area contributed by atoms with Crippen LogP contribution in [0.4, 0.5) is 15.9 Å². The van der Waals surface area contributed by atoms with E-state index < -0.39 is 5.82 Å². The van der Waals surface area contributed by atoms with Gasteiger partial charge in [-0.05, 0) is 37.6 Å². The van der Waals surface area contributed by atoms with Crippen LogP contribution in [0.1, 0.15) is 12.1 Å². The minimum absolute atomic E-state index is 0.262. The molecule has 4 rings (SSSR count). The highest BCUT2D eigenvalue weighted by molar-refractivity contribution is 7.99. The number of thioether (sulfide) groups is 1. The SMILES string of the molecule is COc1cc2c(Nc3ccc(Cl)cc3F)ncnc2cc1OCCCSc1ncc(C)[nH]1. The molecule has 2 heterocycles. The van der Waals surface area contributed by atoms with Gasteiger partial charge in [-0.1, -0.05) is 23.4 Å². The lowest BCUT2D eigenvalue weighted by molar-refractivity contribution is 0.296. The third-order valence-electron chi connectivity index (χ3n) is 4.57. The van der Waals surface area contributed by atoms with E-state index in [4.69, 9.17) is 21.1 Å². The number of halogens is 2. The Morgan fingerprint density at radius 2 is 2.03 bits per heavy atom. The Labute approximate surface area is 193 Å². The van der Waals surface area contributed by atoms with Gasteiger partial charge in [0.1, 0.15) is 18.0 Å².